The van der Waals surface area contributed by atoms with Crippen molar-refractivity contribution in [2.24, 2.45) is 0 Å². The molecular formula is C15H20N4O. The minimum Gasteiger partial charge on any atom is -0.340 e. The molecule has 2 rings (SSSR count). The number of carbonyl (C=O) groups is 1. The number of benzene rings is 1. The zero-order chi connectivity index (χ0) is 14.5. The van der Waals surface area contributed by atoms with Gasteiger partial charge in [-0.3, -0.25) is 4.79 Å². The monoisotopic (exact) mass is 272 g/mol. The van der Waals surface area contributed by atoms with E-state index in [1.165, 1.54) is 0 Å². The fraction of sp³-hybridized carbons (Fsp3) is 0.333. The standard InChI is InChI=1S/C15H20N4O/c1-12-10-17-19(11-12)14-6-4-13(5-7-14)15(20)18(3)9-8-16-2/h4-7,10-11,16H,8-9H2,1-3H3. The SMILES string of the molecule is CNCCN(C)C(=O)c1ccc(-n2cc(C)cn2)cc1. The van der Waals surface area contributed by atoms with Gasteiger partial charge in [0.2, 0.25) is 0 Å². The second kappa shape index (κ2) is 6.34. The maximum atomic E-state index is 12.2. The van der Waals surface area contributed by atoms with Crippen LogP contribution in [-0.4, -0.2) is 47.8 Å². The molecule has 20 heavy (non-hydrogen) atoms. The molecule has 0 aliphatic heterocycles. The first-order valence-corrected chi connectivity index (χ1v) is 6.63. The zero-order valence-electron chi connectivity index (χ0n) is 12.1. The number of hydrogen-bond acceptors (Lipinski definition) is 3. The van der Waals surface area contributed by atoms with Gasteiger partial charge in [0.1, 0.15) is 0 Å². The third kappa shape index (κ3) is 3.24. The number of carbonyl (C=O) groups excluding carboxylic acids is 1. The molecule has 0 radical (unpaired) electrons. The van der Waals surface area contributed by atoms with Gasteiger partial charge < -0.3 is 10.2 Å². The Morgan fingerprint density at radius 2 is 2.05 bits per heavy atom. The fourth-order valence-electron chi connectivity index (χ4n) is 1.91. The Labute approximate surface area is 119 Å². The molecule has 0 aliphatic rings. The fourth-order valence-corrected chi connectivity index (χ4v) is 1.91. The highest BCUT2D eigenvalue weighted by Crippen LogP contribution is 2.11. The molecular weight excluding hydrogens is 252 g/mol. The molecule has 0 saturated heterocycles. The van der Waals surface area contributed by atoms with E-state index >= 15 is 0 Å². The number of likely N-dealkylation sites (N-methyl/N-ethyl adjacent to an activating group) is 2. The predicted molar refractivity (Wildman–Crippen MR) is 79.2 cm³/mol. The topological polar surface area (TPSA) is 50.2 Å². The summed E-state index contributed by atoms with van der Waals surface area (Å²) in [4.78, 5) is 13.9. The molecule has 0 unspecified atom stereocenters. The van der Waals surface area contributed by atoms with Gasteiger partial charge in [-0.05, 0) is 43.8 Å². The second-order valence-corrected chi connectivity index (χ2v) is 4.84. The van der Waals surface area contributed by atoms with Gasteiger partial charge in [0.15, 0.2) is 0 Å². The molecule has 106 valence electrons. The summed E-state index contributed by atoms with van der Waals surface area (Å²) >= 11 is 0. The number of hydrogen-bond donors (Lipinski definition) is 1. The van der Waals surface area contributed by atoms with Crippen LogP contribution >= 0.6 is 0 Å². The van der Waals surface area contributed by atoms with Crippen molar-refractivity contribution in [3.05, 3.63) is 47.8 Å². The Morgan fingerprint density at radius 3 is 2.60 bits per heavy atom. The van der Waals surface area contributed by atoms with Crippen LogP contribution in [0.1, 0.15) is 15.9 Å². The predicted octanol–water partition coefficient (Wildman–Crippen LogP) is 1.47. The lowest BCUT2D eigenvalue weighted by molar-refractivity contribution is 0.0797. The van der Waals surface area contributed by atoms with E-state index in [2.05, 4.69) is 10.4 Å². The molecule has 0 atom stereocenters. The summed E-state index contributed by atoms with van der Waals surface area (Å²) in [6, 6.07) is 7.49. The second-order valence-electron chi connectivity index (χ2n) is 4.84. The van der Waals surface area contributed by atoms with Gasteiger partial charge in [0, 0.05) is 31.9 Å². The van der Waals surface area contributed by atoms with E-state index in [0.717, 1.165) is 17.8 Å². The quantitative estimate of drug-likeness (QED) is 0.897. The van der Waals surface area contributed by atoms with Crippen LogP contribution in [0, 0.1) is 6.92 Å². The summed E-state index contributed by atoms with van der Waals surface area (Å²) in [5.41, 5.74) is 2.75. The van der Waals surface area contributed by atoms with Crippen LogP contribution in [-0.2, 0) is 0 Å². The molecule has 0 fully saturated rings. The van der Waals surface area contributed by atoms with Gasteiger partial charge in [-0.25, -0.2) is 4.68 Å². The summed E-state index contributed by atoms with van der Waals surface area (Å²) in [6.07, 6.45) is 3.76. The number of aromatic nitrogens is 2. The van der Waals surface area contributed by atoms with Crippen LogP contribution in [0.5, 0.6) is 0 Å². The molecule has 0 spiro atoms. The van der Waals surface area contributed by atoms with Gasteiger partial charge >= 0.3 is 0 Å². The third-order valence-electron chi connectivity index (χ3n) is 3.13. The van der Waals surface area contributed by atoms with E-state index in [0.29, 0.717) is 12.1 Å². The Balaban J connectivity index is 2.10. The van der Waals surface area contributed by atoms with Crippen molar-refractivity contribution in [2.75, 3.05) is 27.2 Å². The van der Waals surface area contributed by atoms with Gasteiger partial charge in [0.25, 0.3) is 5.91 Å². The summed E-state index contributed by atoms with van der Waals surface area (Å²) in [7, 11) is 3.68. The van der Waals surface area contributed by atoms with Crippen molar-refractivity contribution in [3.8, 4) is 5.69 Å². The number of nitrogens with zero attached hydrogens (tertiary/aromatic N) is 3. The van der Waals surface area contributed by atoms with E-state index in [9.17, 15) is 4.79 Å². The smallest absolute Gasteiger partial charge is 0.253 e. The molecule has 1 heterocycles. The molecule has 1 amide bonds. The maximum Gasteiger partial charge on any atom is 0.253 e. The summed E-state index contributed by atoms with van der Waals surface area (Å²) in [5.74, 6) is 0.0310. The van der Waals surface area contributed by atoms with Crippen LogP contribution in [0.2, 0.25) is 0 Å². The molecule has 1 aromatic heterocycles. The van der Waals surface area contributed by atoms with Crippen molar-refractivity contribution in [2.45, 2.75) is 6.92 Å². The first kappa shape index (κ1) is 14.3. The summed E-state index contributed by atoms with van der Waals surface area (Å²) in [6.45, 7) is 3.47. The largest absolute Gasteiger partial charge is 0.340 e. The van der Waals surface area contributed by atoms with E-state index in [-0.39, 0.29) is 5.91 Å². The Hall–Kier alpha value is -2.14. The lowest BCUT2D eigenvalue weighted by Gasteiger charge is -2.17. The van der Waals surface area contributed by atoms with Crippen LogP contribution < -0.4 is 5.32 Å². The van der Waals surface area contributed by atoms with E-state index in [1.807, 2.05) is 57.7 Å². The maximum absolute atomic E-state index is 12.2. The number of aryl methyl sites for hydroxylation is 1. The van der Waals surface area contributed by atoms with Crippen molar-refractivity contribution in [3.63, 3.8) is 0 Å². The first-order chi connectivity index (χ1) is 9.61. The molecule has 1 N–H and O–H groups in total. The van der Waals surface area contributed by atoms with Crippen molar-refractivity contribution in [1.82, 2.24) is 20.0 Å². The van der Waals surface area contributed by atoms with Gasteiger partial charge in [0.05, 0.1) is 11.9 Å². The Morgan fingerprint density at radius 1 is 1.35 bits per heavy atom. The lowest BCUT2D eigenvalue weighted by Crippen LogP contribution is -2.32. The molecule has 2 aromatic rings. The molecule has 0 saturated carbocycles. The van der Waals surface area contributed by atoms with Crippen LogP contribution in [0.3, 0.4) is 0 Å². The zero-order valence-corrected chi connectivity index (χ0v) is 12.1. The van der Waals surface area contributed by atoms with Crippen LogP contribution in [0.25, 0.3) is 5.69 Å². The Bertz CT molecular complexity index is 574. The lowest BCUT2D eigenvalue weighted by atomic mass is 10.2. The van der Waals surface area contributed by atoms with Crippen molar-refractivity contribution in [1.29, 1.82) is 0 Å². The minimum atomic E-state index is 0.0310. The Kier molecular flexibility index (Phi) is 4.53. The number of amides is 1. The van der Waals surface area contributed by atoms with E-state index in [1.54, 1.807) is 9.58 Å². The number of rotatable bonds is 5. The van der Waals surface area contributed by atoms with E-state index in [4.69, 9.17) is 0 Å². The van der Waals surface area contributed by atoms with Crippen LogP contribution in [0.15, 0.2) is 36.7 Å². The minimum absolute atomic E-state index is 0.0310. The van der Waals surface area contributed by atoms with E-state index < -0.39 is 0 Å². The molecule has 0 bridgehead atoms. The summed E-state index contributed by atoms with van der Waals surface area (Å²) < 4.78 is 1.80. The molecule has 1 aromatic carbocycles. The average Bonchev–Trinajstić information content (AvgIpc) is 2.90. The normalized spacial score (nSPS) is 10.6. The van der Waals surface area contributed by atoms with Gasteiger partial charge in [-0.2, -0.15) is 5.10 Å². The molecule has 5 heteroatoms. The molecule has 0 aliphatic carbocycles. The number of nitrogens with one attached hydrogen (secondary N) is 1. The van der Waals surface area contributed by atoms with Crippen molar-refractivity contribution >= 4 is 5.91 Å². The first-order valence-electron chi connectivity index (χ1n) is 6.63. The van der Waals surface area contributed by atoms with Gasteiger partial charge in [-0.1, -0.05) is 0 Å². The van der Waals surface area contributed by atoms with Gasteiger partial charge in [-0.15, -0.1) is 0 Å². The summed E-state index contributed by atoms with van der Waals surface area (Å²) in [5, 5.41) is 7.28. The highest BCUT2D eigenvalue weighted by Gasteiger charge is 2.11. The average molecular weight is 272 g/mol. The highest BCUT2D eigenvalue weighted by molar-refractivity contribution is 5.94. The third-order valence-corrected chi connectivity index (χ3v) is 3.13. The van der Waals surface area contributed by atoms with Crippen molar-refractivity contribution < 1.29 is 4.79 Å². The highest BCUT2D eigenvalue weighted by atomic mass is 16.2. The van der Waals surface area contributed by atoms with Crippen LogP contribution in [0.4, 0.5) is 0 Å². The molecule has 5 nitrogen and oxygen atoms in total.